The lowest BCUT2D eigenvalue weighted by Gasteiger charge is -2.39. The van der Waals surface area contributed by atoms with E-state index in [-0.39, 0.29) is 17.7 Å². The molecule has 2 amide bonds. The van der Waals surface area contributed by atoms with Crippen LogP contribution in [0.15, 0.2) is 24.5 Å². The summed E-state index contributed by atoms with van der Waals surface area (Å²) in [6, 6.07) is 4.10. The number of hydrogen-bond donors (Lipinski definition) is 0. The monoisotopic (exact) mass is 346 g/mol. The molecule has 2 fully saturated rings. The summed E-state index contributed by atoms with van der Waals surface area (Å²) in [4.78, 5) is 31.1. The van der Waals surface area contributed by atoms with Gasteiger partial charge in [-0.1, -0.05) is 6.92 Å². The minimum atomic E-state index is -0.00401. The topological polar surface area (TPSA) is 48.8 Å². The predicted molar refractivity (Wildman–Crippen MR) is 97.0 cm³/mol. The summed E-state index contributed by atoms with van der Waals surface area (Å²) >= 11 is 0. The standard InChI is InChI=1S/C19H30N4O2/c1-2-18(24)23-9-5-6-17(16-23)19(25)22-14-12-21(13-15-22)11-10-20-7-3-4-8-20/h3-4,7-8,17H,2,5-6,9-16H2,1H3/t17-/m0/s1. The van der Waals surface area contributed by atoms with Crippen molar-refractivity contribution in [3.05, 3.63) is 24.5 Å². The molecule has 0 radical (unpaired) electrons. The predicted octanol–water partition coefficient (Wildman–Crippen LogP) is 1.28. The molecule has 6 nitrogen and oxygen atoms in total. The lowest BCUT2D eigenvalue weighted by Crippen LogP contribution is -2.53. The van der Waals surface area contributed by atoms with E-state index in [0.717, 1.165) is 58.7 Å². The molecule has 25 heavy (non-hydrogen) atoms. The molecule has 138 valence electrons. The minimum absolute atomic E-state index is 0.00401. The Morgan fingerprint density at radius 2 is 1.68 bits per heavy atom. The third-order valence-corrected chi connectivity index (χ3v) is 5.45. The number of amides is 2. The van der Waals surface area contributed by atoms with Gasteiger partial charge in [0.15, 0.2) is 0 Å². The Morgan fingerprint density at radius 1 is 0.960 bits per heavy atom. The SMILES string of the molecule is CCC(=O)N1CCC[C@H](C(=O)N2CCN(CCn3cccc3)CC2)C1. The van der Waals surface area contributed by atoms with Crippen LogP contribution in [0.2, 0.25) is 0 Å². The van der Waals surface area contributed by atoms with Gasteiger partial charge in [-0.05, 0) is 25.0 Å². The Balaban J connectivity index is 1.44. The Labute approximate surface area is 150 Å². The second-order valence-corrected chi connectivity index (χ2v) is 7.12. The molecule has 6 heteroatoms. The Bertz CT molecular complexity index is 564. The molecule has 0 bridgehead atoms. The second-order valence-electron chi connectivity index (χ2n) is 7.12. The normalized spacial score (nSPS) is 22.2. The van der Waals surface area contributed by atoms with Crippen LogP contribution in [0.3, 0.4) is 0 Å². The van der Waals surface area contributed by atoms with Gasteiger partial charge in [-0.3, -0.25) is 14.5 Å². The summed E-state index contributed by atoms with van der Waals surface area (Å²) in [6.45, 7) is 8.83. The van der Waals surface area contributed by atoms with Crippen molar-refractivity contribution >= 4 is 11.8 Å². The first kappa shape index (κ1) is 18.0. The number of nitrogens with zero attached hydrogens (tertiary/aromatic N) is 4. The lowest BCUT2D eigenvalue weighted by atomic mass is 9.96. The fourth-order valence-electron chi connectivity index (χ4n) is 3.86. The van der Waals surface area contributed by atoms with Crippen LogP contribution in [0, 0.1) is 5.92 Å². The second kappa shape index (κ2) is 8.52. The number of aromatic nitrogens is 1. The molecule has 0 saturated carbocycles. The molecule has 1 aromatic rings. The highest BCUT2D eigenvalue weighted by Gasteiger charge is 2.32. The average molecular weight is 346 g/mol. The molecule has 0 unspecified atom stereocenters. The maximum Gasteiger partial charge on any atom is 0.227 e. The number of piperazine rings is 1. The lowest BCUT2D eigenvalue weighted by molar-refractivity contribution is -0.142. The molecule has 0 aromatic carbocycles. The van der Waals surface area contributed by atoms with Crippen LogP contribution in [0.4, 0.5) is 0 Å². The van der Waals surface area contributed by atoms with Gasteiger partial charge in [0.2, 0.25) is 11.8 Å². The van der Waals surface area contributed by atoms with Gasteiger partial charge >= 0.3 is 0 Å². The van der Waals surface area contributed by atoms with Crippen LogP contribution in [0.1, 0.15) is 26.2 Å². The zero-order valence-electron chi connectivity index (χ0n) is 15.3. The number of piperidine rings is 1. The van der Waals surface area contributed by atoms with E-state index in [4.69, 9.17) is 0 Å². The zero-order valence-corrected chi connectivity index (χ0v) is 15.3. The van der Waals surface area contributed by atoms with Crippen molar-refractivity contribution in [2.75, 3.05) is 45.8 Å². The van der Waals surface area contributed by atoms with Gasteiger partial charge < -0.3 is 14.4 Å². The quantitative estimate of drug-likeness (QED) is 0.807. The molecule has 3 heterocycles. The van der Waals surface area contributed by atoms with Crippen LogP contribution in [-0.2, 0) is 16.1 Å². The van der Waals surface area contributed by atoms with Gasteiger partial charge in [-0.2, -0.15) is 0 Å². The number of rotatable bonds is 5. The molecule has 3 rings (SSSR count). The van der Waals surface area contributed by atoms with Crippen molar-refractivity contribution in [1.82, 2.24) is 19.3 Å². The van der Waals surface area contributed by atoms with E-state index in [1.165, 1.54) is 0 Å². The molecular formula is C19H30N4O2. The van der Waals surface area contributed by atoms with Crippen molar-refractivity contribution < 1.29 is 9.59 Å². The van der Waals surface area contributed by atoms with Crippen LogP contribution >= 0.6 is 0 Å². The maximum absolute atomic E-state index is 12.8. The van der Waals surface area contributed by atoms with Crippen LogP contribution in [0.5, 0.6) is 0 Å². The first-order chi connectivity index (χ1) is 12.2. The summed E-state index contributed by atoms with van der Waals surface area (Å²) in [5.41, 5.74) is 0. The van der Waals surface area contributed by atoms with E-state index >= 15 is 0 Å². The highest BCUT2D eigenvalue weighted by Crippen LogP contribution is 2.20. The Kier molecular flexibility index (Phi) is 6.13. The third-order valence-electron chi connectivity index (χ3n) is 5.45. The molecule has 1 aromatic heterocycles. The molecule has 1 atom stereocenters. The van der Waals surface area contributed by atoms with Gasteiger partial charge in [-0.25, -0.2) is 0 Å². The van der Waals surface area contributed by atoms with E-state index in [1.807, 2.05) is 28.9 Å². The number of carbonyl (C=O) groups excluding carboxylic acids is 2. The first-order valence-corrected chi connectivity index (χ1v) is 9.57. The molecule has 2 saturated heterocycles. The van der Waals surface area contributed by atoms with Crippen molar-refractivity contribution in [1.29, 1.82) is 0 Å². The molecule has 2 aliphatic rings. The van der Waals surface area contributed by atoms with E-state index in [1.54, 1.807) is 0 Å². The van der Waals surface area contributed by atoms with Gasteiger partial charge in [0.25, 0.3) is 0 Å². The first-order valence-electron chi connectivity index (χ1n) is 9.57. The number of likely N-dealkylation sites (tertiary alicyclic amines) is 1. The highest BCUT2D eigenvalue weighted by atomic mass is 16.2. The Hall–Kier alpha value is -1.82. The van der Waals surface area contributed by atoms with E-state index in [2.05, 4.69) is 21.9 Å². The van der Waals surface area contributed by atoms with Crippen LogP contribution in [-0.4, -0.2) is 76.9 Å². The number of carbonyl (C=O) groups is 2. The fraction of sp³-hybridized carbons (Fsp3) is 0.684. The molecule has 2 aliphatic heterocycles. The summed E-state index contributed by atoms with van der Waals surface area (Å²) < 4.78 is 2.19. The summed E-state index contributed by atoms with van der Waals surface area (Å²) in [6.07, 6.45) is 6.57. The average Bonchev–Trinajstić information content (AvgIpc) is 3.19. The largest absolute Gasteiger partial charge is 0.353 e. The smallest absolute Gasteiger partial charge is 0.227 e. The molecule has 0 N–H and O–H groups in total. The van der Waals surface area contributed by atoms with Crippen LogP contribution < -0.4 is 0 Å². The van der Waals surface area contributed by atoms with E-state index < -0.39 is 0 Å². The minimum Gasteiger partial charge on any atom is -0.353 e. The fourth-order valence-corrected chi connectivity index (χ4v) is 3.86. The van der Waals surface area contributed by atoms with Gasteiger partial charge in [-0.15, -0.1) is 0 Å². The van der Waals surface area contributed by atoms with Crippen molar-refractivity contribution in [2.45, 2.75) is 32.7 Å². The molecule has 0 spiro atoms. The van der Waals surface area contributed by atoms with Gasteiger partial charge in [0.1, 0.15) is 0 Å². The van der Waals surface area contributed by atoms with Crippen molar-refractivity contribution in [3.63, 3.8) is 0 Å². The third kappa shape index (κ3) is 4.63. The Morgan fingerprint density at radius 3 is 2.36 bits per heavy atom. The molecular weight excluding hydrogens is 316 g/mol. The van der Waals surface area contributed by atoms with Gasteiger partial charge in [0.05, 0.1) is 5.92 Å². The van der Waals surface area contributed by atoms with Crippen molar-refractivity contribution in [3.8, 4) is 0 Å². The highest BCUT2D eigenvalue weighted by molar-refractivity contribution is 5.81. The van der Waals surface area contributed by atoms with Gasteiger partial charge in [0, 0.05) is 71.2 Å². The molecule has 0 aliphatic carbocycles. The van der Waals surface area contributed by atoms with Crippen LogP contribution in [0.25, 0.3) is 0 Å². The summed E-state index contributed by atoms with van der Waals surface area (Å²) in [5.74, 6) is 0.418. The summed E-state index contributed by atoms with van der Waals surface area (Å²) in [7, 11) is 0. The van der Waals surface area contributed by atoms with E-state index in [0.29, 0.717) is 13.0 Å². The number of hydrogen-bond acceptors (Lipinski definition) is 3. The maximum atomic E-state index is 12.8. The van der Waals surface area contributed by atoms with E-state index in [9.17, 15) is 9.59 Å². The van der Waals surface area contributed by atoms with Crippen molar-refractivity contribution in [2.24, 2.45) is 5.92 Å². The zero-order chi connectivity index (χ0) is 17.6. The summed E-state index contributed by atoms with van der Waals surface area (Å²) in [5, 5.41) is 0.